The lowest BCUT2D eigenvalue weighted by atomic mass is 9.90. The summed E-state index contributed by atoms with van der Waals surface area (Å²) < 4.78 is 0. The van der Waals surface area contributed by atoms with Gasteiger partial charge in [0.2, 0.25) is 11.8 Å². The number of hydrogen-bond acceptors (Lipinski definition) is 6. The third kappa shape index (κ3) is 4.03. The number of hydrogen-bond donors (Lipinski definition) is 0. The molecule has 3 heterocycles. The minimum Gasteiger partial charge on any atom is -0.345 e. The molecule has 4 rings (SSSR count). The molecule has 2 amide bonds. The van der Waals surface area contributed by atoms with E-state index >= 15 is 0 Å². The van der Waals surface area contributed by atoms with Crippen LogP contribution in [0.1, 0.15) is 30.3 Å². The highest BCUT2D eigenvalue weighted by Gasteiger charge is 2.32. The molecule has 7 nitrogen and oxygen atoms in total. The van der Waals surface area contributed by atoms with Gasteiger partial charge in [0.1, 0.15) is 0 Å². The van der Waals surface area contributed by atoms with E-state index in [4.69, 9.17) is 4.98 Å². The monoisotopic (exact) mass is 405 g/mol. The molecule has 0 saturated carbocycles. The van der Waals surface area contributed by atoms with Crippen molar-refractivity contribution in [3.05, 3.63) is 10.6 Å². The van der Waals surface area contributed by atoms with Gasteiger partial charge in [-0.15, -0.1) is 11.3 Å². The number of likely N-dealkylation sites (N-methyl/N-ethyl adjacent to an activating group) is 1. The third-order valence-corrected chi connectivity index (χ3v) is 7.48. The first-order valence-corrected chi connectivity index (χ1v) is 11.4. The summed E-state index contributed by atoms with van der Waals surface area (Å²) in [4.78, 5) is 39.6. The molecule has 1 aromatic heterocycles. The van der Waals surface area contributed by atoms with E-state index in [9.17, 15) is 9.59 Å². The van der Waals surface area contributed by atoms with Crippen LogP contribution in [0.5, 0.6) is 0 Å². The molecule has 2 saturated heterocycles. The second kappa shape index (κ2) is 8.37. The molecule has 1 aliphatic carbocycles. The topological polar surface area (TPSA) is 60.0 Å². The summed E-state index contributed by atoms with van der Waals surface area (Å²) >= 11 is 1.76. The number of carbonyl (C=O) groups excluding carboxylic acids is 2. The van der Waals surface area contributed by atoms with Crippen LogP contribution in [0.15, 0.2) is 0 Å². The fourth-order valence-corrected chi connectivity index (χ4v) is 5.60. The average Bonchev–Trinajstić information content (AvgIpc) is 3.16. The van der Waals surface area contributed by atoms with E-state index in [0.29, 0.717) is 12.3 Å². The van der Waals surface area contributed by atoms with Crippen LogP contribution in [0.3, 0.4) is 0 Å². The molecule has 1 atom stereocenters. The Bertz CT molecular complexity index is 720. The van der Waals surface area contributed by atoms with Gasteiger partial charge in [0.05, 0.1) is 5.69 Å². The van der Waals surface area contributed by atoms with E-state index in [1.165, 1.54) is 10.6 Å². The van der Waals surface area contributed by atoms with Gasteiger partial charge in [-0.1, -0.05) is 6.92 Å². The minimum atomic E-state index is 0.114. The van der Waals surface area contributed by atoms with Crippen molar-refractivity contribution in [2.24, 2.45) is 5.92 Å². The Hall–Kier alpha value is -1.67. The number of fused-ring (bicyclic) bond motifs is 1. The molecule has 2 aliphatic heterocycles. The quantitative estimate of drug-likeness (QED) is 0.753. The first-order valence-electron chi connectivity index (χ1n) is 10.5. The summed E-state index contributed by atoms with van der Waals surface area (Å²) in [5.74, 6) is 0.687. The zero-order valence-electron chi connectivity index (χ0n) is 17.0. The molecule has 3 aliphatic rings. The van der Waals surface area contributed by atoms with Crippen molar-refractivity contribution in [1.82, 2.24) is 19.7 Å². The molecular formula is C20H31N5O2S. The maximum atomic E-state index is 13.0. The minimum absolute atomic E-state index is 0.114. The molecular weight excluding hydrogens is 374 g/mol. The van der Waals surface area contributed by atoms with Crippen molar-refractivity contribution < 1.29 is 9.59 Å². The third-order valence-electron chi connectivity index (χ3n) is 6.30. The van der Waals surface area contributed by atoms with Crippen molar-refractivity contribution >= 4 is 28.3 Å². The normalized spacial score (nSPS) is 23.6. The summed E-state index contributed by atoms with van der Waals surface area (Å²) in [5.41, 5.74) is 1.19. The SMILES string of the molecule is CCC(=O)N1CCN(c2nc3c(s2)C[C@@H](C(=O)N2CCN(C)CC2)CC3)CC1. The highest BCUT2D eigenvalue weighted by molar-refractivity contribution is 7.15. The van der Waals surface area contributed by atoms with Crippen LogP contribution in [0.2, 0.25) is 0 Å². The molecule has 2 fully saturated rings. The number of anilines is 1. The van der Waals surface area contributed by atoms with Crippen LogP contribution in [0.25, 0.3) is 0 Å². The first-order chi connectivity index (χ1) is 13.5. The molecule has 0 N–H and O–H groups in total. The fraction of sp³-hybridized carbons (Fsp3) is 0.750. The molecule has 0 unspecified atom stereocenters. The van der Waals surface area contributed by atoms with Crippen LogP contribution >= 0.6 is 11.3 Å². The highest BCUT2D eigenvalue weighted by atomic mass is 32.1. The van der Waals surface area contributed by atoms with Crippen LogP contribution in [0, 0.1) is 5.92 Å². The van der Waals surface area contributed by atoms with Gasteiger partial charge < -0.3 is 19.6 Å². The molecule has 1 aromatic rings. The summed E-state index contributed by atoms with van der Waals surface area (Å²) in [6, 6.07) is 0. The lowest BCUT2D eigenvalue weighted by Gasteiger charge is -2.35. The molecule has 0 aromatic carbocycles. The number of amides is 2. The predicted molar refractivity (Wildman–Crippen MR) is 111 cm³/mol. The smallest absolute Gasteiger partial charge is 0.226 e. The Morgan fingerprint density at radius 3 is 2.39 bits per heavy atom. The van der Waals surface area contributed by atoms with E-state index in [1.807, 2.05) is 11.8 Å². The van der Waals surface area contributed by atoms with Crippen molar-refractivity contribution in [3.63, 3.8) is 0 Å². The van der Waals surface area contributed by atoms with Gasteiger partial charge in [0, 0.05) is 69.6 Å². The number of carbonyl (C=O) groups is 2. The molecule has 0 bridgehead atoms. The van der Waals surface area contributed by atoms with E-state index in [2.05, 4.69) is 21.7 Å². The van der Waals surface area contributed by atoms with Gasteiger partial charge in [0.25, 0.3) is 0 Å². The standard InChI is InChI=1S/C20H31N5O2S/c1-3-18(26)23-10-12-25(13-11-23)20-21-16-5-4-15(14-17(16)28-20)19(27)24-8-6-22(2)7-9-24/h15H,3-14H2,1-2H3/t15-/m0/s1. The zero-order chi connectivity index (χ0) is 19.7. The van der Waals surface area contributed by atoms with Crippen molar-refractivity contribution in [3.8, 4) is 0 Å². The van der Waals surface area contributed by atoms with Gasteiger partial charge >= 0.3 is 0 Å². The second-order valence-corrected chi connectivity index (χ2v) is 9.22. The summed E-state index contributed by atoms with van der Waals surface area (Å²) in [6.45, 7) is 8.83. The van der Waals surface area contributed by atoms with Crippen LogP contribution in [-0.4, -0.2) is 90.9 Å². The lowest BCUT2D eigenvalue weighted by molar-refractivity contribution is -0.137. The van der Waals surface area contributed by atoms with E-state index in [0.717, 1.165) is 76.8 Å². The first kappa shape index (κ1) is 19.6. The number of nitrogens with zero attached hydrogens (tertiary/aromatic N) is 5. The van der Waals surface area contributed by atoms with Crippen molar-refractivity contribution in [2.75, 3.05) is 64.3 Å². The number of aryl methyl sites for hydroxylation is 1. The summed E-state index contributed by atoms with van der Waals surface area (Å²) in [6.07, 6.45) is 3.24. The molecule has 28 heavy (non-hydrogen) atoms. The van der Waals surface area contributed by atoms with Crippen LogP contribution in [-0.2, 0) is 22.4 Å². The van der Waals surface area contributed by atoms with E-state index in [1.54, 1.807) is 11.3 Å². The predicted octanol–water partition coefficient (Wildman–Crippen LogP) is 1.08. The number of aromatic nitrogens is 1. The number of piperazine rings is 2. The van der Waals surface area contributed by atoms with Gasteiger partial charge in [0.15, 0.2) is 5.13 Å². The molecule has 154 valence electrons. The number of thiazole rings is 1. The summed E-state index contributed by atoms with van der Waals surface area (Å²) in [7, 11) is 2.12. The fourth-order valence-electron chi connectivity index (χ4n) is 4.36. The van der Waals surface area contributed by atoms with Gasteiger partial charge in [-0.3, -0.25) is 9.59 Å². The molecule has 0 radical (unpaired) electrons. The van der Waals surface area contributed by atoms with Crippen LogP contribution < -0.4 is 4.90 Å². The maximum Gasteiger partial charge on any atom is 0.226 e. The largest absolute Gasteiger partial charge is 0.345 e. The molecule has 0 spiro atoms. The molecule has 8 heteroatoms. The highest BCUT2D eigenvalue weighted by Crippen LogP contribution is 2.35. The Labute approximate surface area is 171 Å². The Morgan fingerprint density at radius 1 is 1.04 bits per heavy atom. The van der Waals surface area contributed by atoms with Crippen molar-refractivity contribution in [2.45, 2.75) is 32.6 Å². The Kier molecular flexibility index (Phi) is 5.87. The average molecular weight is 406 g/mol. The lowest BCUT2D eigenvalue weighted by Crippen LogP contribution is -2.49. The van der Waals surface area contributed by atoms with Crippen molar-refractivity contribution in [1.29, 1.82) is 0 Å². The zero-order valence-corrected chi connectivity index (χ0v) is 17.8. The van der Waals surface area contributed by atoms with Gasteiger partial charge in [-0.25, -0.2) is 4.98 Å². The van der Waals surface area contributed by atoms with Crippen LogP contribution in [0.4, 0.5) is 5.13 Å². The van der Waals surface area contributed by atoms with E-state index < -0.39 is 0 Å². The Balaban J connectivity index is 1.36. The van der Waals surface area contributed by atoms with Gasteiger partial charge in [-0.05, 0) is 26.3 Å². The maximum absolute atomic E-state index is 13.0. The Morgan fingerprint density at radius 2 is 1.71 bits per heavy atom. The summed E-state index contributed by atoms with van der Waals surface area (Å²) in [5, 5.41) is 1.07. The second-order valence-electron chi connectivity index (χ2n) is 8.16. The van der Waals surface area contributed by atoms with E-state index in [-0.39, 0.29) is 11.8 Å². The number of rotatable bonds is 3. The van der Waals surface area contributed by atoms with Gasteiger partial charge in [-0.2, -0.15) is 0 Å².